The maximum atomic E-state index is 10.7. The minimum atomic E-state index is -1.17. The van der Waals surface area contributed by atoms with Crippen molar-refractivity contribution >= 4 is 34.7 Å². The lowest BCUT2D eigenvalue weighted by atomic mass is 10.1. The number of nitrogens with two attached hydrogens (primary N) is 2. The van der Waals surface area contributed by atoms with Gasteiger partial charge in [0.15, 0.2) is 17.7 Å². The number of nitrogens with zero attached hydrogens (tertiary/aromatic N) is 4. The average molecular weight is 384 g/mol. The maximum absolute atomic E-state index is 10.7. The second kappa shape index (κ2) is 7.72. The zero-order valence-electron chi connectivity index (χ0n) is 13.7. The number of ether oxygens (including phenoxy) is 1. The molecule has 0 aliphatic carbocycles. The number of aliphatic hydroxyl groups is 2. The van der Waals surface area contributed by atoms with Crippen LogP contribution in [0.25, 0.3) is 11.2 Å². The third-order valence-electron chi connectivity index (χ3n) is 4.17. The number of imidazole rings is 1. The molecule has 5 atom stereocenters. The molecule has 3 rings (SSSR count). The molecule has 0 unspecified atom stereocenters. The topological polar surface area (TPSA) is 183 Å². The molecule has 142 valence electrons. The fraction of sp³-hybridized carbons (Fsp3) is 0.571. The van der Waals surface area contributed by atoms with Crippen LogP contribution in [0.5, 0.6) is 0 Å². The van der Waals surface area contributed by atoms with E-state index in [1.807, 2.05) is 0 Å². The molecule has 0 saturated carbocycles. The third kappa shape index (κ3) is 3.59. The third-order valence-corrected chi connectivity index (χ3v) is 5.26. The van der Waals surface area contributed by atoms with E-state index in [0.29, 0.717) is 29.1 Å². The number of aliphatic carboxylic acids is 1. The molecule has 1 fully saturated rings. The summed E-state index contributed by atoms with van der Waals surface area (Å²) in [5.41, 5.74) is 12.0. The smallest absolute Gasteiger partial charge is 0.320 e. The highest BCUT2D eigenvalue weighted by Gasteiger charge is 2.44. The number of carbonyl (C=O) groups is 1. The van der Waals surface area contributed by atoms with Crippen LogP contribution in [-0.2, 0) is 9.53 Å². The van der Waals surface area contributed by atoms with E-state index in [1.165, 1.54) is 29.0 Å². The molecule has 3 heterocycles. The molecule has 0 radical (unpaired) electrons. The number of hydrogen-bond donors (Lipinski definition) is 5. The van der Waals surface area contributed by atoms with Crippen molar-refractivity contribution in [1.29, 1.82) is 0 Å². The molecular weight excluding hydrogens is 364 g/mol. The van der Waals surface area contributed by atoms with Crippen LogP contribution in [0.15, 0.2) is 12.7 Å². The number of carboxylic acid groups (broad SMARTS) is 1. The van der Waals surface area contributed by atoms with Gasteiger partial charge in [-0.05, 0) is 12.2 Å². The average Bonchev–Trinajstić information content (AvgIpc) is 3.15. The van der Waals surface area contributed by atoms with Crippen molar-refractivity contribution in [3.05, 3.63) is 12.7 Å². The molecule has 0 spiro atoms. The Bertz CT molecular complexity index is 788. The summed E-state index contributed by atoms with van der Waals surface area (Å²) in [4.78, 5) is 22.8. The van der Waals surface area contributed by atoms with Gasteiger partial charge in [0.05, 0.1) is 12.4 Å². The summed E-state index contributed by atoms with van der Waals surface area (Å²) in [6.07, 6.45) is -0.747. The molecule has 1 aliphatic heterocycles. The maximum Gasteiger partial charge on any atom is 0.320 e. The fourth-order valence-electron chi connectivity index (χ4n) is 2.69. The van der Waals surface area contributed by atoms with Crippen LogP contribution in [0.3, 0.4) is 0 Å². The van der Waals surface area contributed by atoms with Gasteiger partial charge in [-0.25, -0.2) is 15.0 Å². The lowest BCUT2D eigenvalue weighted by Gasteiger charge is -2.16. The molecule has 1 aliphatic rings. The summed E-state index contributed by atoms with van der Waals surface area (Å²) in [5, 5.41) is 29.3. The molecule has 0 amide bonds. The zero-order chi connectivity index (χ0) is 18.8. The molecule has 2 aromatic rings. The Morgan fingerprint density at radius 3 is 2.85 bits per heavy atom. The molecule has 2 aromatic heterocycles. The van der Waals surface area contributed by atoms with Crippen LogP contribution in [0.1, 0.15) is 12.6 Å². The van der Waals surface area contributed by atoms with Gasteiger partial charge in [0.2, 0.25) is 0 Å². The van der Waals surface area contributed by atoms with Gasteiger partial charge in [-0.2, -0.15) is 11.8 Å². The fourth-order valence-corrected chi connectivity index (χ4v) is 3.78. The van der Waals surface area contributed by atoms with Gasteiger partial charge in [0, 0.05) is 5.75 Å². The van der Waals surface area contributed by atoms with Gasteiger partial charge < -0.3 is 31.5 Å². The van der Waals surface area contributed by atoms with E-state index in [4.69, 9.17) is 21.3 Å². The van der Waals surface area contributed by atoms with E-state index in [1.54, 1.807) is 0 Å². The van der Waals surface area contributed by atoms with Crippen molar-refractivity contribution in [3.8, 4) is 0 Å². The van der Waals surface area contributed by atoms with Crippen molar-refractivity contribution in [2.24, 2.45) is 5.73 Å². The van der Waals surface area contributed by atoms with Crippen molar-refractivity contribution in [2.45, 2.75) is 37.0 Å². The van der Waals surface area contributed by atoms with Gasteiger partial charge in [-0.3, -0.25) is 9.36 Å². The van der Waals surface area contributed by atoms with Crippen LogP contribution in [0.2, 0.25) is 0 Å². The molecule has 0 aromatic carbocycles. The monoisotopic (exact) mass is 384 g/mol. The van der Waals surface area contributed by atoms with Crippen LogP contribution < -0.4 is 11.5 Å². The number of carboxylic acids is 1. The van der Waals surface area contributed by atoms with Gasteiger partial charge >= 0.3 is 5.97 Å². The Morgan fingerprint density at radius 1 is 1.35 bits per heavy atom. The summed E-state index contributed by atoms with van der Waals surface area (Å²) in [6.45, 7) is 0. The normalized spacial score (nSPS) is 27.0. The van der Waals surface area contributed by atoms with Gasteiger partial charge in [-0.15, -0.1) is 0 Å². The predicted octanol–water partition coefficient (Wildman–Crippen LogP) is -1.44. The first kappa shape index (κ1) is 18.8. The highest BCUT2D eigenvalue weighted by Crippen LogP contribution is 2.33. The summed E-state index contributed by atoms with van der Waals surface area (Å²) in [7, 11) is 0. The Morgan fingerprint density at radius 2 is 2.12 bits per heavy atom. The second-order valence-electron chi connectivity index (χ2n) is 5.94. The Hall–Kier alpha value is -1.99. The van der Waals surface area contributed by atoms with Crippen molar-refractivity contribution < 1.29 is 24.9 Å². The van der Waals surface area contributed by atoms with Crippen molar-refractivity contribution in [1.82, 2.24) is 19.5 Å². The van der Waals surface area contributed by atoms with E-state index in [-0.39, 0.29) is 5.82 Å². The summed E-state index contributed by atoms with van der Waals surface area (Å²) < 4.78 is 7.29. The lowest BCUT2D eigenvalue weighted by Crippen LogP contribution is -2.33. The van der Waals surface area contributed by atoms with E-state index < -0.39 is 36.6 Å². The van der Waals surface area contributed by atoms with E-state index in [0.717, 1.165) is 0 Å². The predicted molar refractivity (Wildman–Crippen MR) is 93.2 cm³/mol. The lowest BCUT2D eigenvalue weighted by molar-refractivity contribution is -0.138. The largest absolute Gasteiger partial charge is 0.480 e. The van der Waals surface area contributed by atoms with Gasteiger partial charge in [0.1, 0.15) is 30.1 Å². The number of fused-ring (bicyclic) bond motifs is 1. The SMILES string of the molecule is Nc1ncnc2c1ncn2[C@@H]1O[C@@H](CSCC[C@H](N)C(=O)O)[C@H](O)[C@H]1O. The first-order chi connectivity index (χ1) is 12.4. The quantitative estimate of drug-likeness (QED) is 0.352. The number of aromatic nitrogens is 4. The summed E-state index contributed by atoms with van der Waals surface area (Å²) >= 11 is 1.40. The minimum Gasteiger partial charge on any atom is -0.480 e. The summed E-state index contributed by atoms with van der Waals surface area (Å²) in [5.74, 6) is 0.0405. The van der Waals surface area contributed by atoms with Crippen molar-refractivity contribution in [2.75, 3.05) is 17.2 Å². The van der Waals surface area contributed by atoms with Crippen LogP contribution in [0, 0.1) is 0 Å². The van der Waals surface area contributed by atoms with Crippen molar-refractivity contribution in [3.63, 3.8) is 0 Å². The molecule has 7 N–H and O–H groups in total. The number of hydrogen-bond acceptors (Lipinski definition) is 10. The first-order valence-corrected chi connectivity index (χ1v) is 9.06. The van der Waals surface area contributed by atoms with Gasteiger partial charge in [0.25, 0.3) is 0 Å². The van der Waals surface area contributed by atoms with E-state index in [9.17, 15) is 15.0 Å². The molecule has 0 bridgehead atoms. The van der Waals surface area contributed by atoms with E-state index in [2.05, 4.69) is 15.0 Å². The molecule has 26 heavy (non-hydrogen) atoms. The highest BCUT2D eigenvalue weighted by atomic mass is 32.2. The Balaban J connectivity index is 1.64. The van der Waals surface area contributed by atoms with E-state index >= 15 is 0 Å². The number of nitrogen functional groups attached to an aromatic ring is 1. The zero-order valence-corrected chi connectivity index (χ0v) is 14.5. The number of thioether (sulfide) groups is 1. The molecular formula is C14H20N6O5S. The molecule has 1 saturated heterocycles. The highest BCUT2D eigenvalue weighted by molar-refractivity contribution is 7.99. The minimum absolute atomic E-state index is 0.212. The Kier molecular flexibility index (Phi) is 5.58. The van der Waals surface area contributed by atoms with Crippen LogP contribution >= 0.6 is 11.8 Å². The number of rotatable bonds is 7. The number of anilines is 1. The summed E-state index contributed by atoms with van der Waals surface area (Å²) in [6, 6.07) is -0.919. The van der Waals surface area contributed by atoms with Crippen LogP contribution in [-0.4, -0.2) is 76.7 Å². The molecule has 12 heteroatoms. The number of aliphatic hydroxyl groups excluding tert-OH is 2. The standard InChI is InChI=1S/C14H20N6O5S/c15-6(14(23)24)1-2-26-3-7-9(21)10(22)13(25-7)20-5-19-8-11(16)17-4-18-12(8)20/h4-7,9-10,13,21-22H,1-3,15H2,(H,23,24)(H2,16,17,18)/t6-,7-,9-,10+,13+/m0/s1. The van der Waals surface area contributed by atoms with Crippen LogP contribution in [0.4, 0.5) is 5.82 Å². The Labute approximate surface area is 152 Å². The van der Waals surface area contributed by atoms with Gasteiger partial charge in [-0.1, -0.05) is 0 Å². The molecule has 11 nitrogen and oxygen atoms in total. The first-order valence-electron chi connectivity index (χ1n) is 7.91. The second-order valence-corrected chi connectivity index (χ2v) is 7.09.